The van der Waals surface area contributed by atoms with Crippen molar-refractivity contribution >= 4 is 29.4 Å². The Morgan fingerprint density at radius 1 is 0.960 bits per heavy atom. The van der Waals surface area contributed by atoms with E-state index in [0.29, 0.717) is 61.3 Å². The summed E-state index contributed by atoms with van der Waals surface area (Å²) in [5, 5.41) is 9.41. The van der Waals surface area contributed by atoms with Crippen molar-refractivity contribution in [3.05, 3.63) is 114 Å². The van der Waals surface area contributed by atoms with Crippen molar-refractivity contribution in [1.29, 1.82) is 5.26 Å². The molecule has 0 radical (unpaired) electrons. The fourth-order valence-corrected chi connectivity index (χ4v) is 6.39. The zero-order valence-corrected chi connectivity index (χ0v) is 29.0. The van der Waals surface area contributed by atoms with Gasteiger partial charge in [0, 0.05) is 5.56 Å². The van der Waals surface area contributed by atoms with E-state index in [9.17, 15) is 19.6 Å². The first kappa shape index (κ1) is 35.4. The number of nitriles is 1. The SMILES string of the molecule is CCOC(=O)C1=C(C)N=c2s/c(=C\c3ccc(OCc4ccccc4C#N)c(OC)c3)c(=O)n2[C@H]1c1ccc(OCC(=O)OC)c(OCC)c1. The van der Waals surface area contributed by atoms with E-state index in [0.717, 1.165) is 5.56 Å². The highest BCUT2D eigenvalue weighted by Gasteiger charge is 2.34. The van der Waals surface area contributed by atoms with Gasteiger partial charge in [0.05, 0.1) is 60.9 Å². The molecule has 1 atom stereocenters. The first-order valence-electron chi connectivity index (χ1n) is 15.7. The normalized spacial score (nSPS) is 13.8. The maximum atomic E-state index is 14.2. The van der Waals surface area contributed by atoms with Crippen molar-refractivity contribution < 1.29 is 38.0 Å². The predicted octanol–water partition coefficient (Wildman–Crippen LogP) is 4.21. The van der Waals surface area contributed by atoms with Crippen LogP contribution in [-0.2, 0) is 25.7 Å². The van der Waals surface area contributed by atoms with Crippen LogP contribution in [0.25, 0.3) is 6.08 Å². The summed E-state index contributed by atoms with van der Waals surface area (Å²) in [6.07, 6.45) is 1.72. The van der Waals surface area contributed by atoms with Crippen molar-refractivity contribution in [3.8, 4) is 29.1 Å². The molecule has 0 unspecified atom stereocenters. The van der Waals surface area contributed by atoms with E-state index >= 15 is 0 Å². The topological polar surface area (TPSA) is 148 Å². The van der Waals surface area contributed by atoms with Crippen molar-refractivity contribution in [3.63, 3.8) is 0 Å². The maximum absolute atomic E-state index is 14.2. The van der Waals surface area contributed by atoms with E-state index in [1.807, 2.05) is 12.1 Å². The molecule has 0 spiro atoms. The summed E-state index contributed by atoms with van der Waals surface area (Å²) >= 11 is 1.18. The first-order chi connectivity index (χ1) is 24.2. The molecule has 4 aromatic rings. The van der Waals surface area contributed by atoms with Gasteiger partial charge in [-0.15, -0.1) is 0 Å². The van der Waals surface area contributed by atoms with Gasteiger partial charge in [-0.1, -0.05) is 41.7 Å². The molecule has 3 aromatic carbocycles. The molecular formula is C37H35N3O9S. The van der Waals surface area contributed by atoms with Gasteiger partial charge < -0.3 is 28.4 Å². The van der Waals surface area contributed by atoms with Crippen LogP contribution in [0.3, 0.4) is 0 Å². The molecule has 2 heterocycles. The minimum absolute atomic E-state index is 0.129. The van der Waals surface area contributed by atoms with Gasteiger partial charge in [0.15, 0.2) is 34.4 Å². The molecular weight excluding hydrogens is 662 g/mol. The van der Waals surface area contributed by atoms with Crippen molar-refractivity contribution in [2.75, 3.05) is 34.0 Å². The lowest BCUT2D eigenvalue weighted by molar-refractivity contribution is -0.143. The summed E-state index contributed by atoms with van der Waals surface area (Å²) in [4.78, 5) is 44.3. The number of hydrogen-bond donors (Lipinski definition) is 0. The molecule has 5 rings (SSSR count). The van der Waals surface area contributed by atoms with Gasteiger partial charge in [-0.3, -0.25) is 9.36 Å². The summed E-state index contributed by atoms with van der Waals surface area (Å²) in [6.45, 7) is 5.47. The zero-order valence-electron chi connectivity index (χ0n) is 28.2. The lowest BCUT2D eigenvalue weighted by Crippen LogP contribution is -2.40. The Kier molecular flexibility index (Phi) is 11.4. The Bertz CT molecular complexity index is 2180. The summed E-state index contributed by atoms with van der Waals surface area (Å²) < 4.78 is 35.0. The Morgan fingerprint density at radius 3 is 2.44 bits per heavy atom. The predicted molar refractivity (Wildman–Crippen MR) is 184 cm³/mol. The van der Waals surface area contributed by atoms with E-state index in [1.165, 1.54) is 30.1 Å². The second-order valence-electron chi connectivity index (χ2n) is 10.8. The molecule has 0 saturated carbocycles. The Hall–Kier alpha value is -5.87. The number of hydrogen-bond acceptors (Lipinski definition) is 12. The van der Waals surface area contributed by atoms with E-state index in [-0.39, 0.29) is 31.0 Å². The summed E-state index contributed by atoms with van der Waals surface area (Å²) in [5.74, 6) is 0.361. The smallest absolute Gasteiger partial charge is 0.343 e. The van der Waals surface area contributed by atoms with Gasteiger partial charge in [0.25, 0.3) is 5.56 Å². The van der Waals surface area contributed by atoms with Crippen LogP contribution in [0.15, 0.2) is 81.7 Å². The van der Waals surface area contributed by atoms with E-state index in [4.69, 9.17) is 23.7 Å². The average Bonchev–Trinajstić information content (AvgIpc) is 3.43. The van der Waals surface area contributed by atoms with Crippen molar-refractivity contribution in [2.24, 2.45) is 4.99 Å². The number of benzene rings is 3. The maximum Gasteiger partial charge on any atom is 0.343 e. The quantitative estimate of drug-likeness (QED) is 0.186. The third-order valence-electron chi connectivity index (χ3n) is 7.68. The molecule has 50 heavy (non-hydrogen) atoms. The van der Waals surface area contributed by atoms with Crippen LogP contribution in [0.1, 0.15) is 49.1 Å². The monoisotopic (exact) mass is 697 g/mol. The standard InChI is InChI=1S/C37H35N3O9S/c1-6-46-30-18-24(13-15-28(30)49-21-32(41)45-5)34-33(36(43)47-7-2)22(3)39-37-40(34)35(42)31(50-37)17-23-12-14-27(29(16-23)44-4)48-20-26-11-9-8-10-25(26)19-38/h8-18,34H,6-7,20-21H2,1-5H3/b31-17-/t34-/m0/s1. The Labute approximate surface area is 292 Å². The Morgan fingerprint density at radius 2 is 1.72 bits per heavy atom. The van der Waals surface area contributed by atoms with Crippen molar-refractivity contribution in [2.45, 2.75) is 33.4 Å². The van der Waals surface area contributed by atoms with Crippen LogP contribution in [-0.4, -0.2) is 50.5 Å². The molecule has 0 bridgehead atoms. The second-order valence-corrected chi connectivity index (χ2v) is 11.8. The lowest BCUT2D eigenvalue weighted by Gasteiger charge is -2.25. The van der Waals surface area contributed by atoms with Gasteiger partial charge in [0.1, 0.15) is 6.61 Å². The molecule has 0 fully saturated rings. The zero-order chi connectivity index (χ0) is 35.8. The summed E-state index contributed by atoms with van der Waals surface area (Å²) in [5.41, 5.74) is 2.72. The summed E-state index contributed by atoms with van der Waals surface area (Å²) in [7, 11) is 2.78. The van der Waals surface area contributed by atoms with Crippen LogP contribution in [0.5, 0.6) is 23.0 Å². The Balaban J connectivity index is 1.56. The highest BCUT2D eigenvalue weighted by atomic mass is 32.1. The number of carbonyl (C=O) groups is 2. The average molecular weight is 698 g/mol. The lowest BCUT2D eigenvalue weighted by atomic mass is 9.95. The molecule has 0 saturated heterocycles. The van der Waals surface area contributed by atoms with Crippen LogP contribution in [0, 0.1) is 11.3 Å². The number of methoxy groups -OCH3 is 2. The van der Waals surface area contributed by atoms with Crippen LogP contribution in [0.4, 0.5) is 0 Å². The minimum atomic E-state index is -0.900. The van der Waals surface area contributed by atoms with E-state index in [2.05, 4.69) is 15.8 Å². The number of carbonyl (C=O) groups excluding carboxylic acids is 2. The highest BCUT2D eigenvalue weighted by Crippen LogP contribution is 2.36. The van der Waals surface area contributed by atoms with Crippen LogP contribution >= 0.6 is 11.3 Å². The van der Waals surface area contributed by atoms with Gasteiger partial charge in [-0.2, -0.15) is 5.26 Å². The molecule has 13 heteroatoms. The fraction of sp³-hybridized carbons (Fsp3) is 0.270. The number of nitrogens with zero attached hydrogens (tertiary/aromatic N) is 3. The number of allylic oxidation sites excluding steroid dienone is 1. The highest BCUT2D eigenvalue weighted by molar-refractivity contribution is 7.07. The second kappa shape index (κ2) is 16.0. The first-order valence-corrected chi connectivity index (χ1v) is 16.5. The molecule has 1 aliphatic heterocycles. The molecule has 1 aromatic heterocycles. The molecule has 0 aliphatic carbocycles. The molecule has 1 aliphatic rings. The van der Waals surface area contributed by atoms with Crippen molar-refractivity contribution in [1.82, 2.24) is 4.57 Å². The number of rotatable bonds is 13. The number of fused-ring (bicyclic) bond motifs is 1. The molecule has 0 amide bonds. The number of aromatic nitrogens is 1. The largest absolute Gasteiger partial charge is 0.493 e. The van der Waals surface area contributed by atoms with E-state index < -0.39 is 18.0 Å². The fourth-order valence-electron chi connectivity index (χ4n) is 5.34. The summed E-state index contributed by atoms with van der Waals surface area (Å²) in [6, 6.07) is 18.7. The van der Waals surface area contributed by atoms with Gasteiger partial charge in [-0.05, 0) is 68.3 Å². The number of thiazole rings is 1. The van der Waals surface area contributed by atoms with Gasteiger partial charge in [-0.25, -0.2) is 14.6 Å². The van der Waals surface area contributed by atoms with Gasteiger partial charge >= 0.3 is 11.9 Å². The minimum Gasteiger partial charge on any atom is -0.493 e. The third kappa shape index (κ3) is 7.55. The van der Waals surface area contributed by atoms with Crippen LogP contribution in [0.2, 0.25) is 0 Å². The molecule has 12 nitrogen and oxygen atoms in total. The molecule has 258 valence electrons. The number of ether oxygens (including phenoxy) is 6. The van der Waals surface area contributed by atoms with E-state index in [1.54, 1.807) is 75.4 Å². The van der Waals surface area contributed by atoms with Crippen LogP contribution < -0.4 is 33.8 Å². The molecule has 0 N–H and O–H groups in total. The van der Waals surface area contributed by atoms with Gasteiger partial charge in [0.2, 0.25) is 0 Å². The third-order valence-corrected chi connectivity index (χ3v) is 8.66. The number of esters is 2.